The maximum atomic E-state index is 9.98. The van der Waals surface area contributed by atoms with Crippen LogP contribution in [0.2, 0.25) is 0 Å². The van der Waals surface area contributed by atoms with Crippen molar-refractivity contribution in [1.29, 1.82) is 0 Å². The molecular weight excluding hydrogens is 252 g/mol. The molecule has 1 fully saturated rings. The van der Waals surface area contributed by atoms with Gasteiger partial charge in [0.05, 0.1) is 12.0 Å². The number of aliphatic hydroxyl groups is 3. The lowest BCUT2D eigenvalue weighted by Crippen LogP contribution is -2.33. The van der Waals surface area contributed by atoms with Gasteiger partial charge in [0.1, 0.15) is 36.1 Å². The number of nitrogen functional groups attached to an aromatic ring is 1. The van der Waals surface area contributed by atoms with Gasteiger partial charge in [-0.25, -0.2) is 9.97 Å². The van der Waals surface area contributed by atoms with Crippen molar-refractivity contribution in [2.45, 2.75) is 24.5 Å². The third kappa shape index (κ3) is 1.77. The zero-order valence-electron chi connectivity index (χ0n) is 9.92. The Kier molecular flexibility index (Phi) is 2.86. The Morgan fingerprint density at radius 1 is 1.32 bits per heavy atom. The lowest BCUT2D eigenvalue weighted by Gasteiger charge is -2.17. The van der Waals surface area contributed by atoms with Crippen LogP contribution in [-0.4, -0.2) is 54.8 Å². The van der Waals surface area contributed by atoms with Crippen LogP contribution in [0.15, 0.2) is 18.6 Å². The second-order valence-electron chi connectivity index (χ2n) is 4.45. The fraction of sp³-hybridized carbons (Fsp3) is 0.455. The summed E-state index contributed by atoms with van der Waals surface area (Å²) in [6, 6.07) is 1.71. The molecule has 3 rings (SSSR count). The van der Waals surface area contributed by atoms with Crippen molar-refractivity contribution in [3.8, 4) is 0 Å². The molecule has 0 saturated carbocycles. The first-order valence-corrected chi connectivity index (χ1v) is 5.83. The maximum Gasteiger partial charge on any atom is 0.164 e. The molecule has 0 bridgehead atoms. The molecule has 8 heteroatoms. The monoisotopic (exact) mass is 266 g/mol. The Labute approximate surface area is 108 Å². The van der Waals surface area contributed by atoms with E-state index in [1.807, 2.05) is 0 Å². The molecule has 4 atom stereocenters. The van der Waals surface area contributed by atoms with E-state index in [0.717, 1.165) is 0 Å². The number of ether oxygens (including phenoxy) is 1. The van der Waals surface area contributed by atoms with Crippen LogP contribution < -0.4 is 5.73 Å². The highest BCUT2D eigenvalue weighted by atomic mass is 16.6. The van der Waals surface area contributed by atoms with Crippen LogP contribution in [0.3, 0.4) is 0 Å². The first-order chi connectivity index (χ1) is 9.13. The number of hydrogen-bond donors (Lipinski definition) is 4. The van der Waals surface area contributed by atoms with Gasteiger partial charge in [0.15, 0.2) is 6.23 Å². The highest BCUT2D eigenvalue weighted by Gasteiger charge is 2.43. The first-order valence-electron chi connectivity index (χ1n) is 5.83. The van der Waals surface area contributed by atoms with Crippen molar-refractivity contribution in [3.05, 3.63) is 18.6 Å². The van der Waals surface area contributed by atoms with Gasteiger partial charge in [0, 0.05) is 6.20 Å². The van der Waals surface area contributed by atoms with E-state index in [2.05, 4.69) is 9.97 Å². The molecular formula is C11H14N4O4. The van der Waals surface area contributed by atoms with Gasteiger partial charge in [-0.1, -0.05) is 0 Å². The van der Waals surface area contributed by atoms with Crippen LogP contribution in [-0.2, 0) is 4.74 Å². The maximum absolute atomic E-state index is 9.98. The van der Waals surface area contributed by atoms with E-state index in [1.54, 1.807) is 16.8 Å². The Balaban J connectivity index is 2.04. The molecule has 1 saturated heterocycles. The summed E-state index contributed by atoms with van der Waals surface area (Å²) >= 11 is 0. The summed E-state index contributed by atoms with van der Waals surface area (Å²) < 4.78 is 7.01. The number of fused-ring (bicyclic) bond motifs is 1. The molecule has 2 aromatic rings. The quantitative estimate of drug-likeness (QED) is 0.528. The molecule has 8 nitrogen and oxygen atoms in total. The van der Waals surface area contributed by atoms with E-state index >= 15 is 0 Å². The molecule has 3 heterocycles. The van der Waals surface area contributed by atoms with Gasteiger partial charge in [-0.05, 0) is 6.07 Å². The van der Waals surface area contributed by atoms with E-state index < -0.39 is 24.5 Å². The van der Waals surface area contributed by atoms with Crippen molar-refractivity contribution in [1.82, 2.24) is 14.5 Å². The van der Waals surface area contributed by atoms with Gasteiger partial charge in [0.25, 0.3) is 0 Å². The molecule has 19 heavy (non-hydrogen) atoms. The summed E-state index contributed by atoms with van der Waals surface area (Å²) in [7, 11) is 0. The zero-order chi connectivity index (χ0) is 13.6. The van der Waals surface area contributed by atoms with Gasteiger partial charge < -0.3 is 30.4 Å². The minimum atomic E-state index is -1.15. The summed E-state index contributed by atoms with van der Waals surface area (Å²) in [4.78, 5) is 7.97. The number of nitrogens with two attached hydrogens (primary N) is 1. The fourth-order valence-corrected chi connectivity index (χ4v) is 2.31. The molecule has 2 aromatic heterocycles. The number of aromatic nitrogens is 3. The summed E-state index contributed by atoms with van der Waals surface area (Å²) in [5.74, 6) is 0.329. The SMILES string of the molecule is Nc1ncnc2c1ccn2[C@@H]1O[C@H](CO)[C@H](O)C1O. The summed E-state index contributed by atoms with van der Waals surface area (Å²) in [5.41, 5.74) is 6.23. The van der Waals surface area contributed by atoms with Gasteiger partial charge >= 0.3 is 0 Å². The molecule has 0 spiro atoms. The second kappa shape index (κ2) is 4.42. The van der Waals surface area contributed by atoms with Crippen molar-refractivity contribution in [3.63, 3.8) is 0 Å². The van der Waals surface area contributed by atoms with E-state index in [1.165, 1.54) is 6.33 Å². The molecule has 1 unspecified atom stereocenters. The third-order valence-electron chi connectivity index (χ3n) is 3.33. The molecule has 1 aliphatic rings. The van der Waals surface area contributed by atoms with Crippen LogP contribution >= 0.6 is 0 Å². The Hall–Kier alpha value is -1.74. The lowest BCUT2D eigenvalue weighted by atomic mass is 10.1. The van der Waals surface area contributed by atoms with Crippen molar-refractivity contribution in [2.75, 3.05) is 12.3 Å². The fourth-order valence-electron chi connectivity index (χ4n) is 2.31. The standard InChI is InChI=1S/C11H14N4O4/c12-9-5-1-2-15(10(5)14-4-13-9)11-8(18)7(17)6(3-16)19-11/h1-2,4,6-8,11,16-18H,3H2,(H2,12,13,14)/t6-,7+,8?,11-/m1/s1. The number of rotatable bonds is 2. The van der Waals surface area contributed by atoms with Crippen LogP contribution in [0.5, 0.6) is 0 Å². The topological polar surface area (TPSA) is 127 Å². The Morgan fingerprint density at radius 3 is 2.79 bits per heavy atom. The van der Waals surface area contributed by atoms with E-state index in [9.17, 15) is 10.2 Å². The molecule has 0 amide bonds. The highest BCUT2D eigenvalue weighted by Crippen LogP contribution is 2.32. The highest BCUT2D eigenvalue weighted by molar-refractivity contribution is 5.86. The number of nitrogens with zero attached hydrogens (tertiary/aromatic N) is 3. The van der Waals surface area contributed by atoms with Crippen molar-refractivity contribution >= 4 is 16.9 Å². The number of aliphatic hydroxyl groups excluding tert-OH is 3. The summed E-state index contributed by atoms with van der Waals surface area (Å²) in [5, 5.41) is 29.4. The second-order valence-corrected chi connectivity index (χ2v) is 4.45. The average molecular weight is 266 g/mol. The van der Waals surface area contributed by atoms with Crippen LogP contribution in [0, 0.1) is 0 Å². The van der Waals surface area contributed by atoms with Crippen molar-refractivity contribution < 1.29 is 20.1 Å². The normalized spacial score (nSPS) is 31.1. The average Bonchev–Trinajstić information content (AvgIpc) is 2.94. The minimum absolute atomic E-state index is 0.329. The van der Waals surface area contributed by atoms with E-state index in [-0.39, 0.29) is 6.61 Å². The van der Waals surface area contributed by atoms with Gasteiger partial charge in [-0.3, -0.25) is 0 Å². The lowest BCUT2D eigenvalue weighted by molar-refractivity contribution is -0.0508. The first kappa shape index (κ1) is 12.3. The smallest absolute Gasteiger partial charge is 0.164 e. The largest absolute Gasteiger partial charge is 0.394 e. The third-order valence-corrected chi connectivity index (χ3v) is 3.33. The molecule has 1 aliphatic heterocycles. The molecule has 0 aliphatic carbocycles. The molecule has 0 aromatic carbocycles. The van der Waals surface area contributed by atoms with E-state index in [0.29, 0.717) is 16.9 Å². The summed E-state index contributed by atoms with van der Waals surface area (Å²) in [6.07, 6.45) is -0.975. The minimum Gasteiger partial charge on any atom is -0.394 e. The van der Waals surface area contributed by atoms with E-state index in [4.69, 9.17) is 15.6 Å². The predicted molar refractivity (Wildman–Crippen MR) is 64.9 cm³/mol. The Bertz CT molecular complexity index is 601. The predicted octanol–water partition coefficient (Wildman–Crippen LogP) is -1.38. The number of hydrogen-bond acceptors (Lipinski definition) is 7. The molecule has 5 N–H and O–H groups in total. The Morgan fingerprint density at radius 2 is 2.11 bits per heavy atom. The van der Waals surface area contributed by atoms with Gasteiger partial charge in [-0.2, -0.15) is 0 Å². The zero-order valence-corrected chi connectivity index (χ0v) is 9.92. The van der Waals surface area contributed by atoms with Gasteiger partial charge in [0.2, 0.25) is 0 Å². The van der Waals surface area contributed by atoms with Crippen LogP contribution in [0.25, 0.3) is 11.0 Å². The summed E-state index contributed by atoms with van der Waals surface area (Å²) in [6.45, 7) is -0.370. The number of anilines is 1. The van der Waals surface area contributed by atoms with Crippen LogP contribution in [0.1, 0.15) is 6.23 Å². The molecule has 102 valence electrons. The van der Waals surface area contributed by atoms with Crippen molar-refractivity contribution in [2.24, 2.45) is 0 Å². The van der Waals surface area contributed by atoms with Gasteiger partial charge in [-0.15, -0.1) is 0 Å². The molecule has 0 radical (unpaired) electrons. The van der Waals surface area contributed by atoms with Crippen LogP contribution in [0.4, 0.5) is 5.82 Å².